The van der Waals surface area contributed by atoms with Crippen molar-refractivity contribution in [1.82, 2.24) is 10.6 Å². The number of para-hydroxylation sites is 1. The summed E-state index contributed by atoms with van der Waals surface area (Å²) in [4.78, 5) is 47.2. The van der Waals surface area contributed by atoms with E-state index < -0.39 is 40.9 Å². The topological polar surface area (TPSA) is 117 Å². The number of halogens is 1. The number of methoxy groups -OCH3 is 1. The maximum atomic E-state index is 15.6. The number of fused-ring (bicyclic) bond motifs is 1. The molecule has 3 aliphatic rings. The van der Waals surface area contributed by atoms with E-state index in [0.29, 0.717) is 16.5 Å². The van der Waals surface area contributed by atoms with Gasteiger partial charge in [0.1, 0.15) is 17.5 Å². The fourth-order valence-electron chi connectivity index (χ4n) is 7.94. The number of hydrogen-bond donors (Lipinski definition) is 3. The van der Waals surface area contributed by atoms with Crippen LogP contribution in [0.3, 0.4) is 0 Å². The Morgan fingerprint density at radius 2 is 1.70 bits per heavy atom. The first-order valence-electron chi connectivity index (χ1n) is 17.0. The van der Waals surface area contributed by atoms with E-state index in [9.17, 15) is 5.11 Å². The summed E-state index contributed by atoms with van der Waals surface area (Å²) < 4.78 is 12.1. The number of nitrogens with one attached hydrogen (secondary N) is 2. The molecule has 2 fully saturated rings. The Hall–Kier alpha value is -4.70. The van der Waals surface area contributed by atoms with Gasteiger partial charge in [-0.3, -0.25) is 24.6 Å². The monoisotopic (exact) mass is 693 g/mol. The summed E-state index contributed by atoms with van der Waals surface area (Å²) in [5, 5.41) is 20.5. The second-order valence-electron chi connectivity index (χ2n) is 13.4. The summed E-state index contributed by atoms with van der Waals surface area (Å²) >= 11 is 6.34. The zero-order chi connectivity index (χ0) is 35.0. The number of anilines is 1. The molecule has 7 rings (SSSR count). The van der Waals surface area contributed by atoms with Crippen LogP contribution in [-0.2, 0) is 21.7 Å². The van der Waals surface area contributed by atoms with Gasteiger partial charge in [-0.05, 0) is 79.4 Å². The third kappa shape index (κ3) is 5.54. The minimum Gasteiger partial charge on any atom is -0.497 e. The Labute approximate surface area is 296 Å². The number of rotatable bonds is 8. The Kier molecular flexibility index (Phi) is 9.15. The predicted molar refractivity (Wildman–Crippen MR) is 190 cm³/mol. The number of benzene rings is 4. The lowest BCUT2D eigenvalue weighted by atomic mass is 9.60. The van der Waals surface area contributed by atoms with Crippen molar-refractivity contribution in [3.05, 3.63) is 124 Å². The molecule has 0 aromatic heterocycles. The zero-order valence-electron chi connectivity index (χ0n) is 28.0. The predicted octanol–water partition coefficient (Wildman–Crippen LogP) is 6.09. The van der Waals surface area contributed by atoms with Gasteiger partial charge in [0, 0.05) is 23.3 Å². The second-order valence-corrected chi connectivity index (χ2v) is 13.8. The van der Waals surface area contributed by atoms with Crippen LogP contribution in [0.25, 0.3) is 0 Å². The van der Waals surface area contributed by atoms with Crippen LogP contribution >= 0.6 is 11.6 Å². The van der Waals surface area contributed by atoms with Crippen LogP contribution in [0.1, 0.15) is 59.2 Å². The van der Waals surface area contributed by atoms with Crippen molar-refractivity contribution in [2.45, 2.75) is 69.5 Å². The van der Waals surface area contributed by atoms with Gasteiger partial charge < -0.3 is 19.9 Å². The van der Waals surface area contributed by atoms with Crippen molar-refractivity contribution in [3.8, 4) is 11.5 Å². The fraction of sp³-hybridized carbons (Fsp3) is 0.325. The molecule has 0 bridgehead atoms. The van der Waals surface area contributed by atoms with Gasteiger partial charge in [0.15, 0.2) is 23.0 Å². The molecular weight excluding hydrogens is 654 g/mol. The highest BCUT2D eigenvalue weighted by atomic mass is 35.5. The van der Waals surface area contributed by atoms with Crippen LogP contribution < -0.4 is 25.0 Å². The van der Waals surface area contributed by atoms with Crippen molar-refractivity contribution in [1.29, 1.82) is 0 Å². The van der Waals surface area contributed by atoms with E-state index in [-0.39, 0.29) is 29.5 Å². The number of ether oxygens (including phenoxy) is 2. The number of amides is 2. The molecule has 2 heterocycles. The number of ketones is 1. The van der Waals surface area contributed by atoms with E-state index in [4.69, 9.17) is 21.1 Å². The van der Waals surface area contributed by atoms with Crippen molar-refractivity contribution in [2.75, 3.05) is 12.0 Å². The van der Waals surface area contributed by atoms with Crippen molar-refractivity contribution >= 4 is 34.9 Å². The van der Waals surface area contributed by atoms with E-state index in [0.717, 1.165) is 43.2 Å². The quantitative estimate of drug-likeness (QED) is 0.205. The van der Waals surface area contributed by atoms with Gasteiger partial charge >= 0.3 is 0 Å². The number of aliphatic hydroxyl groups is 1. The summed E-state index contributed by atoms with van der Waals surface area (Å²) in [5.41, 5.74) is -2.60. The average Bonchev–Trinajstić information content (AvgIpc) is 3.35. The molecule has 1 saturated heterocycles. The third-order valence-electron chi connectivity index (χ3n) is 10.4. The Morgan fingerprint density at radius 1 is 0.960 bits per heavy atom. The Balaban J connectivity index is 1.50. The van der Waals surface area contributed by atoms with Crippen LogP contribution in [0.2, 0.25) is 5.02 Å². The van der Waals surface area contributed by atoms with Crippen LogP contribution in [0.5, 0.6) is 11.5 Å². The molecule has 2 aliphatic heterocycles. The van der Waals surface area contributed by atoms with Gasteiger partial charge in [0.2, 0.25) is 5.91 Å². The molecule has 0 unspecified atom stereocenters. The van der Waals surface area contributed by atoms with E-state index in [1.54, 1.807) is 78.9 Å². The first kappa shape index (κ1) is 33.8. The van der Waals surface area contributed by atoms with Gasteiger partial charge in [-0.2, -0.15) is 0 Å². The smallest absolute Gasteiger partial charge is 0.265 e. The Morgan fingerprint density at radius 3 is 2.40 bits per heavy atom. The molecule has 1 aliphatic carbocycles. The summed E-state index contributed by atoms with van der Waals surface area (Å²) in [5.74, 6) is -1.17. The maximum Gasteiger partial charge on any atom is 0.265 e. The number of Topliss-reactive ketones (excluding diaryl/α,β-unsaturated/α-hetero) is 1. The molecule has 10 heteroatoms. The van der Waals surface area contributed by atoms with Crippen LogP contribution in [0.15, 0.2) is 97.1 Å². The number of nitrogens with zero attached hydrogens (tertiary/aromatic N) is 1. The lowest BCUT2D eigenvalue weighted by Crippen LogP contribution is -2.71. The van der Waals surface area contributed by atoms with Crippen LogP contribution in [0, 0.1) is 12.3 Å². The lowest BCUT2D eigenvalue weighted by Gasteiger charge is -2.49. The standard InChI is InChI=1S/C40H40ClN3O6/c1-25-16-21-33-32(22-25)35(45)39(37(50-33)42-24-26-10-9-11-28(41)23-26)34(36(46)43-29-12-5-3-6-13-29)44(30-14-7-4-8-15-30)38(47)40(39,48)27-17-19-31(49-2)20-18-27/h4,7-11,14-23,29,34,37,42,48H,3,5-6,12-13,24H2,1-2H3,(H,43,46)/t34-,37+,39+,40-/m1/s1. The summed E-state index contributed by atoms with van der Waals surface area (Å²) in [6.45, 7) is 2.00. The van der Waals surface area contributed by atoms with Gasteiger partial charge in [0.25, 0.3) is 5.91 Å². The maximum absolute atomic E-state index is 15.6. The molecule has 9 nitrogen and oxygen atoms in total. The molecule has 1 spiro atoms. The highest BCUT2D eigenvalue weighted by molar-refractivity contribution is 6.30. The van der Waals surface area contributed by atoms with Gasteiger partial charge in [0.05, 0.1) is 12.7 Å². The summed E-state index contributed by atoms with van der Waals surface area (Å²) in [6, 6.07) is 25.9. The van der Waals surface area contributed by atoms with Crippen molar-refractivity contribution in [3.63, 3.8) is 0 Å². The molecule has 2 amide bonds. The van der Waals surface area contributed by atoms with E-state index in [2.05, 4.69) is 10.6 Å². The minimum absolute atomic E-state index is 0.125. The molecule has 4 aromatic carbocycles. The molecule has 0 radical (unpaired) electrons. The molecular formula is C40H40ClN3O6. The number of carbonyl (C=O) groups excluding carboxylic acids is 3. The van der Waals surface area contributed by atoms with E-state index >= 15 is 14.4 Å². The van der Waals surface area contributed by atoms with E-state index in [1.807, 2.05) is 25.1 Å². The number of carbonyl (C=O) groups is 3. The fourth-order valence-corrected chi connectivity index (χ4v) is 8.15. The van der Waals surface area contributed by atoms with Crippen LogP contribution in [-0.4, -0.2) is 48.1 Å². The van der Waals surface area contributed by atoms with Crippen molar-refractivity contribution in [2.24, 2.45) is 5.41 Å². The SMILES string of the molecule is COc1ccc([C@@]2(O)C(=O)N(c3ccccc3)[C@H](C(=O)NC3CCCCC3)[C@@]23C(=O)c2cc(C)ccc2O[C@@H]3NCc2cccc(Cl)c2)cc1. The summed E-state index contributed by atoms with van der Waals surface area (Å²) in [7, 11) is 1.52. The highest BCUT2D eigenvalue weighted by Crippen LogP contribution is 2.59. The third-order valence-corrected chi connectivity index (χ3v) is 10.6. The first-order chi connectivity index (χ1) is 24.2. The number of hydrogen-bond acceptors (Lipinski definition) is 7. The average molecular weight is 694 g/mol. The molecule has 50 heavy (non-hydrogen) atoms. The second kappa shape index (κ2) is 13.5. The first-order valence-corrected chi connectivity index (χ1v) is 17.4. The van der Waals surface area contributed by atoms with E-state index in [1.165, 1.54) is 12.0 Å². The minimum atomic E-state index is -2.59. The largest absolute Gasteiger partial charge is 0.497 e. The molecule has 4 aromatic rings. The molecule has 3 N–H and O–H groups in total. The molecule has 258 valence electrons. The normalized spacial score (nSPS) is 24.9. The van der Waals surface area contributed by atoms with Crippen LogP contribution in [0.4, 0.5) is 5.69 Å². The highest BCUT2D eigenvalue weighted by Gasteiger charge is 2.79. The van der Waals surface area contributed by atoms with Gasteiger partial charge in [-0.15, -0.1) is 0 Å². The van der Waals surface area contributed by atoms with Gasteiger partial charge in [-0.25, -0.2) is 0 Å². The Bertz CT molecular complexity index is 1910. The summed E-state index contributed by atoms with van der Waals surface area (Å²) in [6.07, 6.45) is 3.17. The van der Waals surface area contributed by atoms with Crippen molar-refractivity contribution < 1.29 is 29.0 Å². The number of aryl methyl sites for hydroxylation is 1. The molecule has 4 atom stereocenters. The zero-order valence-corrected chi connectivity index (χ0v) is 28.8. The lowest BCUT2D eigenvalue weighted by molar-refractivity contribution is -0.156. The molecule has 1 saturated carbocycles. The van der Waals surface area contributed by atoms with Gasteiger partial charge in [-0.1, -0.05) is 85.0 Å².